The summed E-state index contributed by atoms with van der Waals surface area (Å²) in [6.45, 7) is 1.91. The maximum absolute atomic E-state index is 12.2. The summed E-state index contributed by atoms with van der Waals surface area (Å²) >= 11 is 0. The van der Waals surface area contributed by atoms with Crippen LogP contribution in [0.4, 0.5) is 5.69 Å². The highest BCUT2D eigenvalue weighted by Gasteiger charge is 2.23. The van der Waals surface area contributed by atoms with Crippen molar-refractivity contribution in [2.75, 3.05) is 18.5 Å². The number of hydrogen-bond acceptors (Lipinski definition) is 3. The first-order valence-corrected chi connectivity index (χ1v) is 8.17. The van der Waals surface area contributed by atoms with E-state index in [-0.39, 0.29) is 11.8 Å². The van der Waals surface area contributed by atoms with E-state index >= 15 is 0 Å². The summed E-state index contributed by atoms with van der Waals surface area (Å²) in [5, 5.41) is 3.00. The number of aromatic nitrogens is 2. The summed E-state index contributed by atoms with van der Waals surface area (Å²) in [5.74, 6) is 0.00368. The predicted molar refractivity (Wildman–Crippen MR) is 92.8 cm³/mol. The van der Waals surface area contributed by atoms with E-state index in [1.54, 1.807) is 0 Å². The molecule has 1 fully saturated rings. The molecule has 2 aromatic carbocycles. The smallest absolute Gasteiger partial charge is 0.229 e. The molecule has 1 atom stereocenters. The SMILES string of the molecule is O=C(Nc1cccc(Cn2cnc3ccccc32)c1)C1CCOC1. The van der Waals surface area contributed by atoms with Crippen LogP contribution in [-0.2, 0) is 16.1 Å². The number of rotatable bonds is 4. The Labute approximate surface area is 140 Å². The van der Waals surface area contributed by atoms with Gasteiger partial charge in [0, 0.05) is 18.8 Å². The number of hydrogen-bond donors (Lipinski definition) is 1. The van der Waals surface area contributed by atoms with Crippen molar-refractivity contribution in [1.29, 1.82) is 0 Å². The molecule has 0 radical (unpaired) electrons. The number of amides is 1. The van der Waals surface area contributed by atoms with Crippen LogP contribution < -0.4 is 5.32 Å². The maximum atomic E-state index is 12.2. The molecule has 1 saturated heterocycles. The van der Waals surface area contributed by atoms with E-state index in [0.29, 0.717) is 13.2 Å². The van der Waals surface area contributed by atoms with Crippen LogP contribution in [0.15, 0.2) is 54.9 Å². The highest BCUT2D eigenvalue weighted by atomic mass is 16.5. The first-order chi connectivity index (χ1) is 11.8. The molecule has 1 aliphatic heterocycles. The third-order valence-electron chi connectivity index (χ3n) is 4.38. The van der Waals surface area contributed by atoms with Gasteiger partial charge in [-0.1, -0.05) is 24.3 Å². The highest BCUT2D eigenvalue weighted by molar-refractivity contribution is 5.92. The molecule has 0 aliphatic carbocycles. The molecule has 2 heterocycles. The average molecular weight is 321 g/mol. The van der Waals surface area contributed by atoms with Gasteiger partial charge in [0.05, 0.1) is 29.9 Å². The summed E-state index contributed by atoms with van der Waals surface area (Å²) in [7, 11) is 0. The lowest BCUT2D eigenvalue weighted by Crippen LogP contribution is -2.22. The number of imidazole rings is 1. The van der Waals surface area contributed by atoms with Gasteiger partial charge in [-0.05, 0) is 36.2 Å². The fourth-order valence-corrected chi connectivity index (χ4v) is 3.07. The Morgan fingerprint density at radius 3 is 3.04 bits per heavy atom. The first-order valence-electron chi connectivity index (χ1n) is 8.17. The van der Waals surface area contributed by atoms with Crippen molar-refractivity contribution in [3.63, 3.8) is 0 Å². The summed E-state index contributed by atoms with van der Waals surface area (Å²) in [6, 6.07) is 16.0. The van der Waals surface area contributed by atoms with Crippen LogP contribution in [0, 0.1) is 5.92 Å². The van der Waals surface area contributed by atoms with Gasteiger partial charge in [0.2, 0.25) is 5.91 Å². The second kappa shape index (κ2) is 6.45. The number of benzene rings is 2. The minimum absolute atomic E-state index is 0.0359. The zero-order valence-electron chi connectivity index (χ0n) is 13.3. The molecule has 1 aromatic heterocycles. The number of carbonyl (C=O) groups is 1. The second-order valence-electron chi connectivity index (χ2n) is 6.11. The van der Waals surface area contributed by atoms with Crippen molar-refractivity contribution in [3.8, 4) is 0 Å². The summed E-state index contributed by atoms with van der Waals surface area (Å²) in [4.78, 5) is 16.6. The molecule has 0 spiro atoms. The van der Waals surface area contributed by atoms with Crippen LogP contribution in [0.25, 0.3) is 11.0 Å². The van der Waals surface area contributed by atoms with Gasteiger partial charge < -0.3 is 14.6 Å². The number of ether oxygens (including phenoxy) is 1. The van der Waals surface area contributed by atoms with Gasteiger partial charge in [-0.25, -0.2) is 4.98 Å². The van der Waals surface area contributed by atoms with Crippen molar-refractivity contribution >= 4 is 22.6 Å². The minimum Gasteiger partial charge on any atom is -0.381 e. The van der Waals surface area contributed by atoms with E-state index < -0.39 is 0 Å². The lowest BCUT2D eigenvalue weighted by molar-refractivity contribution is -0.119. The molecule has 1 amide bonds. The second-order valence-corrected chi connectivity index (χ2v) is 6.11. The van der Waals surface area contributed by atoms with E-state index in [0.717, 1.165) is 35.2 Å². The number of nitrogens with zero attached hydrogens (tertiary/aromatic N) is 2. The summed E-state index contributed by atoms with van der Waals surface area (Å²) < 4.78 is 7.39. The maximum Gasteiger partial charge on any atom is 0.229 e. The third-order valence-corrected chi connectivity index (χ3v) is 4.38. The molecule has 24 heavy (non-hydrogen) atoms. The number of carbonyl (C=O) groups excluding carboxylic acids is 1. The molecule has 0 saturated carbocycles. The molecule has 5 heteroatoms. The molecule has 0 bridgehead atoms. The van der Waals surface area contributed by atoms with Crippen LogP contribution in [-0.4, -0.2) is 28.7 Å². The summed E-state index contributed by atoms with van der Waals surface area (Å²) in [6.07, 6.45) is 2.65. The van der Waals surface area contributed by atoms with Crippen LogP contribution in [0.1, 0.15) is 12.0 Å². The highest BCUT2D eigenvalue weighted by Crippen LogP contribution is 2.19. The molecule has 122 valence electrons. The number of anilines is 1. The Balaban J connectivity index is 1.51. The van der Waals surface area contributed by atoms with E-state index in [4.69, 9.17) is 4.74 Å². The lowest BCUT2D eigenvalue weighted by atomic mass is 10.1. The Hall–Kier alpha value is -2.66. The van der Waals surface area contributed by atoms with Crippen molar-refractivity contribution in [1.82, 2.24) is 9.55 Å². The molecule has 1 unspecified atom stereocenters. The zero-order chi connectivity index (χ0) is 16.4. The normalized spacial score (nSPS) is 17.2. The standard InChI is InChI=1S/C19H19N3O2/c23-19(15-8-9-24-12-15)21-16-5-3-4-14(10-16)11-22-13-20-17-6-1-2-7-18(17)22/h1-7,10,13,15H,8-9,11-12H2,(H,21,23). The average Bonchev–Trinajstić information content (AvgIpc) is 3.26. The Bertz CT molecular complexity index is 866. The number of nitrogens with one attached hydrogen (secondary N) is 1. The van der Waals surface area contributed by atoms with Crippen molar-refractivity contribution in [2.45, 2.75) is 13.0 Å². The van der Waals surface area contributed by atoms with Gasteiger partial charge in [-0.15, -0.1) is 0 Å². The van der Waals surface area contributed by atoms with Gasteiger partial charge in [-0.3, -0.25) is 4.79 Å². The lowest BCUT2D eigenvalue weighted by Gasteiger charge is -2.11. The Kier molecular flexibility index (Phi) is 4.01. The minimum atomic E-state index is -0.0359. The van der Waals surface area contributed by atoms with Gasteiger partial charge in [0.15, 0.2) is 0 Å². The largest absolute Gasteiger partial charge is 0.381 e. The quantitative estimate of drug-likeness (QED) is 0.803. The number of fused-ring (bicyclic) bond motifs is 1. The van der Waals surface area contributed by atoms with Crippen LogP contribution in [0.5, 0.6) is 0 Å². The predicted octanol–water partition coefficient (Wildman–Crippen LogP) is 3.06. The van der Waals surface area contributed by atoms with E-state index in [1.165, 1.54) is 0 Å². The van der Waals surface area contributed by atoms with Gasteiger partial charge >= 0.3 is 0 Å². The molecule has 5 nitrogen and oxygen atoms in total. The van der Waals surface area contributed by atoms with E-state index in [9.17, 15) is 4.79 Å². The summed E-state index contributed by atoms with van der Waals surface area (Å²) in [5.41, 5.74) is 4.05. The molecule has 3 aromatic rings. The fraction of sp³-hybridized carbons (Fsp3) is 0.263. The van der Waals surface area contributed by atoms with E-state index in [1.807, 2.05) is 42.7 Å². The fourth-order valence-electron chi connectivity index (χ4n) is 3.07. The van der Waals surface area contributed by atoms with E-state index in [2.05, 4.69) is 27.0 Å². The molecule has 4 rings (SSSR count). The Morgan fingerprint density at radius 2 is 2.17 bits per heavy atom. The van der Waals surface area contributed by atoms with Crippen molar-refractivity contribution in [2.24, 2.45) is 5.92 Å². The number of para-hydroxylation sites is 2. The molecular weight excluding hydrogens is 302 g/mol. The van der Waals surface area contributed by atoms with Gasteiger partial charge in [0.25, 0.3) is 0 Å². The van der Waals surface area contributed by atoms with Gasteiger partial charge in [-0.2, -0.15) is 0 Å². The first kappa shape index (κ1) is 14.9. The molecule has 1 N–H and O–H groups in total. The van der Waals surface area contributed by atoms with Crippen LogP contribution in [0.2, 0.25) is 0 Å². The van der Waals surface area contributed by atoms with Gasteiger partial charge in [0.1, 0.15) is 0 Å². The van der Waals surface area contributed by atoms with Crippen LogP contribution >= 0.6 is 0 Å². The van der Waals surface area contributed by atoms with Crippen molar-refractivity contribution < 1.29 is 9.53 Å². The van der Waals surface area contributed by atoms with Crippen molar-refractivity contribution in [3.05, 3.63) is 60.4 Å². The third kappa shape index (κ3) is 3.03. The molecule has 1 aliphatic rings. The monoisotopic (exact) mass is 321 g/mol. The Morgan fingerprint density at radius 1 is 1.25 bits per heavy atom. The topological polar surface area (TPSA) is 56.2 Å². The molecular formula is C19H19N3O2. The van der Waals surface area contributed by atoms with Crippen LogP contribution in [0.3, 0.4) is 0 Å². The zero-order valence-corrected chi connectivity index (χ0v) is 13.3.